The van der Waals surface area contributed by atoms with Gasteiger partial charge in [-0.3, -0.25) is 9.69 Å². The Hall–Kier alpha value is -3.24. The summed E-state index contributed by atoms with van der Waals surface area (Å²) < 4.78 is 35.1. The monoisotopic (exact) mass is 474 g/mol. The first kappa shape index (κ1) is 23.9. The van der Waals surface area contributed by atoms with Crippen molar-refractivity contribution in [2.75, 3.05) is 42.5 Å². The van der Waals surface area contributed by atoms with E-state index in [1.165, 1.54) is 30.0 Å². The summed E-state index contributed by atoms with van der Waals surface area (Å²) in [5.41, 5.74) is 5.98. The zero-order valence-corrected chi connectivity index (χ0v) is 18.9. The maximum atomic E-state index is 15.0. The molecule has 2 aliphatic rings. The van der Waals surface area contributed by atoms with E-state index in [1.807, 2.05) is 4.90 Å². The van der Waals surface area contributed by atoms with Gasteiger partial charge < -0.3 is 25.8 Å². The van der Waals surface area contributed by atoms with Gasteiger partial charge in [-0.25, -0.2) is 13.6 Å². The maximum Gasteiger partial charge on any atom is 0.414 e. The molecule has 4 N–H and O–H groups in total. The molecule has 0 bridgehead atoms. The van der Waals surface area contributed by atoms with E-state index in [9.17, 15) is 23.5 Å². The Kier molecular flexibility index (Phi) is 6.72. The van der Waals surface area contributed by atoms with E-state index < -0.39 is 29.4 Å². The molecule has 1 atom stereocenters. The average Bonchev–Trinajstić information content (AvgIpc) is 3.19. The second-order valence-corrected chi connectivity index (χ2v) is 8.80. The van der Waals surface area contributed by atoms with Crippen LogP contribution < -0.4 is 20.9 Å². The number of carbonyl (C=O) groups excluding carboxylic acids is 2. The van der Waals surface area contributed by atoms with E-state index in [1.54, 1.807) is 18.2 Å². The molecule has 2 aromatic carbocycles. The minimum atomic E-state index is -0.913. The van der Waals surface area contributed by atoms with Gasteiger partial charge in [0.05, 0.1) is 30.1 Å². The first-order valence-electron chi connectivity index (χ1n) is 11.2. The summed E-state index contributed by atoms with van der Waals surface area (Å²) >= 11 is 0. The molecule has 182 valence electrons. The Balaban J connectivity index is 1.47. The summed E-state index contributed by atoms with van der Waals surface area (Å²) in [4.78, 5) is 26.4. The van der Waals surface area contributed by atoms with Crippen LogP contribution in [0.4, 0.5) is 25.0 Å². The average molecular weight is 475 g/mol. The summed E-state index contributed by atoms with van der Waals surface area (Å²) in [5.74, 6) is -1.32. The molecule has 4 rings (SSSR count). The lowest BCUT2D eigenvalue weighted by Crippen LogP contribution is -2.48. The zero-order valence-electron chi connectivity index (χ0n) is 18.9. The van der Waals surface area contributed by atoms with Crippen LogP contribution in [0.25, 0.3) is 11.1 Å². The van der Waals surface area contributed by atoms with Crippen LogP contribution in [0.5, 0.6) is 0 Å². The molecule has 2 aromatic rings. The number of cyclic esters (lactones) is 1. The first-order chi connectivity index (χ1) is 16.2. The predicted molar refractivity (Wildman–Crippen MR) is 124 cm³/mol. The molecule has 8 nitrogen and oxygen atoms in total. The molecule has 2 heterocycles. The molecule has 0 aliphatic carbocycles. The van der Waals surface area contributed by atoms with Crippen molar-refractivity contribution in [2.24, 2.45) is 5.73 Å². The molecular formula is C24H28F2N4O4. The van der Waals surface area contributed by atoms with Crippen molar-refractivity contribution < 1.29 is 28.2 Å². The van der Waals surface area contributed by atoms with Gasteiger partial charge in [0.1, 0.15) is 17.7 Å². The Morgan fingerprint density at radius 3 is 2.56 bits per heavy atom. The third-order valence-corrected chi connectivity index (χ3v) is 6.39. The molecule has 0 spiro atoms. The predicted octanol–water partition coefficient (Wildman–Crippen LogP) is 2.38. The number of amides is 2. The third-order valence-electron chi connectivity index (χ3n) is 6.39. The Morgan fingerprint density at radius 1 is 1.21 bits per heavy atom. The highest BCUT2D eigenvalue weighted by Gasteiger charge is 2.33. The van der Waals surface area contributed by atoms with Crippen LogP contribution in [-0.2, 0) is 9.53 Å². The van der Waals surface area contributed by atoms with Crippen LogP contribution in [0, 0.1) is 11.6 Å². The second-order valence-electron chi connectivity index (χ2n) is 8.80. The number of nitrogens with one attached hydrogen (secondary N) is 1. The highest BCUT2D eigenvalue weighted by Crippen LogP contribution is 2.33. The molecule has 2 amide bonds. The normalized spacial score (nSPS) is 19.8. The number of hydrogen-bond acceptors (Lipinski definition) is 6. The lowest BCUT2D eigenvalue weighted by atomic mass is 9.91. The van der Waals surface area contributed by atoms with Gasteiger partial charge in [0.2, 0.25) is 5.91 Å². The number of ether oxygens (including phenoxy) is 1. The first-order valence-corrected chi connectivity index (χ1v) is 11.2. The Morgan fingerprint density at radius 2 is 1.94 bits per heavy atom. The van der Waals surface area contributed by atoms with Crippen molar-refractivity contribution in [2.45, 2.75) is 31.5 Å². The van der Waals surface area contributed by atoms with Crippen molar-refractivity contribution in [3.63, 3.8) is 0 Å². The number of benzene rings is 2. The molecular weight excluding hydrogens is 446 g/mol. The van der Waals surface area contributed by atoms with Gasteiger partial charge >= 0.3 is 6.09 Å². The Bertz CT molecular complexity index is 1090. The van der Waals surface area contributed by atoms with Gasteiger partial charge in [0.15, 0.2) is 0 Å². The number of nitrogens with zero attached hydrogens (tertiary/aromatic N) is 2. The lowest BCUT2D eigenvalue weighted by molar-refractivity contribution is -0.119. The van der Waals surface area contributed by atoms with E-state index in [0.717, 1.165) is 0 Å². The van der Waals surface area contributed by atoms with Crippen LogP contribution >= 0.6 is 0 Å². The molecule has 2 saturated heterocycles. The molecule has 10 heteroatoms. The summed E-state index contributed by atoms with van der Waals surface area (Å²) in [6, 6.07) is 8.82. The summed E-state index contributed by atoms with van der Waals surface area (Å²) in [6.45, 7) is 2.83. The van der Waals surface area contributed by atoms with E-state index in [0.29, 0.717) is 42.9 Å². The molecule has 0 saturated carbocycles. The topological polar surface area (TPSA) is 108 Å². The SMILES string of the molecule is CC(=O)NCC1CN(c2ccc(-c3ccc(N4CCC(O)(CN)CC4)c(F)c3)c(F)c2)C(=O)O1. The van der Waals surface area contributed by atoms with Crippen LogP contribution in [0.15, 0.2) is 36.4 Å². The van der Waals surface area contributed by atoms with Gasteiger partial charge in [-0.15, -0.1) is 0 Å². The van der Waals surface area contributed by atoms with E-state index in [4.69, 9.17) is 10.5 Å². The number of piperidine rings is 1. The molecule has 2 aliphatic heterocycles. The van der Waals surface area contributed by atoms with E-state index in [2.05, 4.69) is 5.32 Å². The molecule has 0 radical (unpaired) electrons. The van der Waals surface area contributed by atoms with Gasteiger partial charge in [-0.2, -0.15) is 0 Å². The summed E-state index contributed by atoms with van der Waals surface area (Å²) in [5, 5.41) is 12.9. The van der Waals surface area contributed by atoms with Gasteiger partial charge in [0.25, 0.3) is 0 Å². The smallest absolute Gasteiger partial charge is 0.414 e. The quantitative estimate of drug-likeness (QED) is 0.594. The highest BCUT2D eigenvalue weighted by atomic mass is 19.1. The van der Waals surface area contributed by atoms with Crippen molar-refractivity contribution in [1.82, 2.24) is 5.32 Å². The number of carbonyl (C=O) groups is 2. The van der Waals surface area contributed by atoms with Crippen LogP contribution in [0.1, 0.15) is 19.8 Å². The number of nitrogens with two attached hydrogens (primary N) is 1. The molecule has 0 aromatic heterocycles. The summed E-state index contributed by atoms with van der Waals surface area (Å²) in [7, 11) is 0. The number of rotatable bonds is 6. The second kappa shape index (κ2) is 9.55. The number of aliphatic hydroxyl groups is 1. The van der Waals surface area contributed by atoms with Crippen molar-refractivity contribution in [3.05, 3.63) is 48.0 Å². The summed E-state index contributed by atoms with van der Waals surface area (Å²) in [6.07, 6.45) is -0.256. The van der Waals surface area contributed by atoms with Crippen LogP contribution in [0.2, 0.25) is 0 Å². The van der Waals surface area contributed by atoms with Gasteiger partial charge in [-0.1, -0.05) is 6.07 Å². The zero-order chi connectivity index (χ0) is 24.5. The van der Waals surface area contributed by atoms with Crippen molar-refractivity contribution in [3.8, 4) is 11.1 Å². The fourth-order valence-corrected chi connectivity index (χ4v) is 4.30. The van der Waals surface area contributed by atoms with Crippen LogP contribution in [-0.4, -0.2) is 61.5 Å². The number of halogens is 2. The third kappa shape index (κ3) is 4.97. The van der Waals surface area contributed by atoms with Crippen LogP contribution in [0.3, 0.4) is 0 Å². The largest absolute Gasteiger partial charge is 0.442 e. The fourth-order valence-electron chi connectivity index (χ4n) is 4.30. The fraction of sp³-hybridized carbons (Fsp3) is 0.417. The number of anilines is 2. The molecule has 1 unspecified atom stereocenters. The highest BCUT2D eigenvalue weighted by molar-refractivity contribution is 5.90. The van der Waals surface area contributed by atoms with E-state index in [-0.39, 0.29) is 31.1 Å². The lowest BCUT2D eigenvalue weighted by Gasteiger charge is -2.38. The molecule has 2 fully saturated rings. The van der Waals surface area contributed by atoms with E-state index >= 15 is 0 Å². The minimum absolute atomic E-state index is 0.169. The van der Waals surface area contributed by atoms with Crippen molar-refractivity contribution >= 4 is 23.4 Å². The Labute approximate surface area is 196 Å². The maximum absolute atomic E-state index is 15.0. The van der Waals surface area contributed by atoms with Gasteiger partial charge in [-0.05, 0) is 48.7 Å². The minimum Gasteiger partial charge on any atom is -0.442 e. The van der Waals surface area contributed by atoms with Crippen molar-refractivity contribution in [1.29, 1.82) is 0 Å². The standard InChI is InChI=1S/C24H28F2N4O4/c1-15(31)28-12-18-13-30(23(32)34-18)17-3-4-19(20(25)11-17)16-2-5-22(21(26)10-16)29-8-6-24(33,14-27)7-9-29/h2-5,10-11,18,33H,6-9,12-14,27H2,1H3,(H,28,31). The molecule has 34 heavy (non-hydrogen) atoms. The van der Waals surface area contributed by atoms with Gasteiger partial charge in [0, 0.05) is 32.1 Å². The number of hydrogen-bond donors (Lipinski definition) is 3.